The highest BCUT2D eigenvalue weighted by molar-refractivity contribution is 5.89. The lowest BCUT2D eigenvalue weighted by Crippen LogP contribution is -1.99. The summed E-state index contributed by atoms with van der Waals surface area (Å²) in [5, 5.41) is 20.2. The van der Waals surface area contributed by atoms with E-state index in [4.69, 9.17) is 4.74 Å². The maximum Gasteiger partial charge on any atom is 0.182 e. The van der Waals surface area contributed by atoms with Crippen LogP contribution in [0.2, 0.25) is 0 Å². The van der Waals surface area contributed by atoms with E-state index in [1.165, 1.54) is 7.11 Å². The number of methoxy groups -OCH3 is 1. The smallest absolute Gasteiger partial charge is 0.182 e. The number of hydrogen-bond donors (Lipinski definition) is 2. The molecule has 0 aliphatic heterocycles. The Labute approximate surface area is 87.5 Å². The van der Waals surface area contributed by atoms with Gasteiger partial charge in [0.15, 0.2) is 6.29 Å². The molecule has 0 fully saturated rings. The van der Waals surface area contributed by atoms with Crippen molar-refractivity contribution in [2.45, 2.75) is 6.29 Å². The normalized spacial score (nSPS) is 10.9. The molecule has 3 nitrogen and oxygen atoms in total. The Hall–Kier alpha value is -1.58. The topological polar surface area (TPSA) is 49.7 Å². The maximum absolute atomic E-state index is 9.17. The van der Waals surface area contributed by atoms with Gasteiger partial charge < -0.3 is 14.9 Å². The van der Waals surface area contributed by atoms with E-state index >= 15 is 0 Å². The van der Waals surface area contributed by atoms with E-state index in [0.29, 0.717) is 11.3 Å². The molecule has 0 atom stereocenters. The van der Waals surface area contributed by atoms with E-state index in [1.54, 1.807) is 6.07 Å². The molecule has 15 heavy (non-hydrogen) atoms. The molecule has 2 aromatic carbocycles. The van der Waals surface area contributed by atoms with Gasteiger partial charge in [-0.05, 0) is 11.5 Å². The van der Waals surface area contributed by atoms with Crippen molar-refractivity contribution in [1.29, 1.82) is 0 Å². The summed E-state index contributed by atoms with van der Waals surface area (Å²) in [6.45, 7) is 0. The summed E-state index contributed by atoms with van der Waals surface area (Å²) < 4.78 is 5.20. The first-order valence-electron chi connectivity index (χ1n) is 4.66. The van der Waals surface area contributed by atoms with Gasteiger partial charge in [-0.3, -0.25) is 0 Å². The Bertz CT molecular complexity index is 477. The van der Waals surface area contributed by atoms with Gasteiger partial charge in [0.1, 0.15) is 5.75 Å². The van der Waals surface area contributed by atoms with Crippen LogP contribution in [0.5, 0.6) is 5.75 Å². The van der Waals surface area contributed by atoms with Gasteiger partial charge in [0, 0.05) is 10.9 Å². The van der Waals surface area contributed by atoms with E-state index in [9.17, 15) is 10.2 Å². The van der Waals surface area contributed by atoms with Crippen molar-refractivity contribution >= 4 is 10.8 Å². The van der Waals surface area contributed by atoms with Crippen LogP contribution >= 0.6 is 0 Å². The molecule has 2 N–H and O–H groups in total. The number of rotatable bonds is 2. The van der Waals surface area contributed by atoms with Crippen LogP contribution < -0.4 is 4.74 Å². The zero-order chi connectivity index (χ0) is 10.8. The van der Waals surface area contributed by atoms with E-state index < -0.39 is 6.29 Å². The molecule has 0 amide bonds. The summed E-state index contributed by atoms with van der Waals surface area (Å²) in [5.74, 6) is 0.517. The molecule has 78 valence electrons. The Morgan fingerprint density at radius 1 is 1.07 bits per heavy atom. The van der Waals surface area contributed by atoms with E-state index in [0.717, 1.165) is 10.8 Å². The lowest BCUT2D eigenvalue weighted by molar-refractivity contribution is -0.0437. The SMILES string of the molecule is COc1c(C(O)O)ccc2ccccc12. The van der Waals surface area contributed by atoms with Crippen LogP contribution in [0.25, 0.3) is 10.8 Å². The molecule has 3 heteroatoms. The Morgan fingerprint density at radius 3 is 2.47 bits per heavy atom. The average molecular weight is 204 g/mol. The third-order valence-electron chi connectivity index (χ3n) is 2.39. The molecular formula is C12H12O3. The zero-order valence-electron chi connectivity index (χ0n) is 8.34. The molecule has 2 aromatic rings. The number of aliphatic hydroxyl groups excluding tert-OH is 1. The summed E-state index contributed by atoms with van der Waals surface area (Å²) >= 11 is 0. The molecule has 0 spiro atoms. The van der Waals surface area contributed by atoms with E-state index in [1.807, 2.05) is 30.3 Å². The van der Waals surface area contributed by atoms with Crippen LogP contribution in [0.1, 0.15) is 11.9 Å². The van der Waals surface area contributed by atoms with Crippen LogP contribution in [0.3, 0.4) is 0 Å². The van der Waals surface area contributed by atoms with Gasteiger partial charge in [0.2, 0.25) is 0 Å². The highest BCUT2D eigenvalue weighted by atomic mass is 16.5. The minimum absolute atomic E-state index is 0.385. The van der Waals surface area contributed by atoms with Crippen LogP contribution in [-0.4, -0.2) is 17.3 Å². The van der Waals surface area contributed by atoms with Crippen molar-refractivity contribution in [3.05, 3.63) is 42.0 Å². The second kappa shape index (κ2) is 3.88. The van der Waals surface area contributed by atoms with Gasteiger partial charge in [-0.25, -0.2) is 0 Å². The zero-order valence-corrected chi connectivity index (χ0v) is 8.34. The quantitative estimate of drug-likeness (QED) is 0.734. The van der Waals surface area contributed by atoms with Crippen molar-refractivity contribution < 1.29 is 14.9 Å². The fraction of sp³-hybridized carbons (Fsp3) is 0.167. The fourth-order valence-corrected chi connectivity index (χ4v) is 1.69. The highest BCUT2D eigenvalue weighted by Gasteiger charge is 2.12. The molecule has 0 bridgehead atoms. The van der Waals surface area contributed by atoms with Crippen molar-refractivity contribution in [3.63, 3.8) is 0 Å². The lowest BCUT2D eigenvalue weighted by Gasteiger charge is -2.12. The first-order valence-corrected chi connectivity index (χ1v) is 4.66. The molecule has 0 aliphatic carbocycles. The fourth-order valence-electron chi connectivity index (χ4n) is 1.69. The summed E-state index contributed by atoms with van der Waals surface area (Å²) in [4.78, 5) is 0. The predicted molar refractivity (Wildman–Crippen MR) is 57.7 cm³/mol. The van der Waals surface area contributed by atoms with E-state index in [2.05, 4.69) is 0 Å². The second-order valence-electron chi connectivity index (χ2n) is 3.28. The van der Waals surface area contributed by atoms with Crippen LogP contribution in [0, 0.1) is 0 Å². The van der Waals surface area contributed by atoms with Gasteiger partial charge in [0.25, 0.3) is 0 Å². The molecule has 0 saturated heterocycles. The van der Waals surface area contributed by atoms with Crippen molar-refractivity contribution in [3.8, 4) is 5.75 Å². The summed E-state index contributed by atoms with van der Waals surface area (Å²) in [6, 6.07) is 11.2. The molecule has 0 saturated carbocycles. The molecule has 0 aromatic heterocycles. The standard InChI is InChI=1S/C12H12O3/c1-15-11-9-5-3-2-4-8(9)6-7-10(11)12(13)14/h2-7,12-14H,1H3. The Kier molecular flexibility index (Phi) is 2.58. The summed E-state index contributed by atoms with van der Waals surface area (Å²) in [5.41, 5.74) is 0.385. The molecule has 0 radical (unpaired) electrons. The average Bonchev–Trinajstić information content (AvgIpc) is 2.27. The molecule has 2 rings (SSSR count). The number of aliphatic hydroxyl groups is 2. The van der Waals surface area contributed by atoms with Crippen molar-refractivity contribution in [1.82, 2.24) is 0 Å². The second-order valence-corrected chi connectivity index (χ2v) is 3.28. The van der Waals surface area contributed by atoms with Gasteiger partial charge in [-0.15, -0.1) is 0 Å². The number of ether oxygens (including phenoxy) is 1. The number of hydrogen-bond acceptors (Lipinski definition) is 3. The third-order valence-corrected chi connectivity index (χ3v) is 2.39. The van der Waals surface area contributed by atoms with Crippen molar-refractivity contribution in [2.75, 3.05) is 7.11 Å². The number of benzene rings is 2. The minimum atomic E-state index is -1.51. The number of fused-ring (bicyclic) bond motifs is 1. The minimum Gasteiger partial charge on any atom is -0.496 e. The van der Waals surface area contributed by atoms with Crippen LogP contribution in [0.4, 0.5) is 0 Å². The van der Waals surface area contributed by atoms with Gasteiger partial charge >= 0.3 is 0 Å². The van der Waals surface area contributed by atoms with E-state index in [-0.39, 0.29) is 0 Å². The maximum atomic E-state index is 9.17. The Morgan fingerprint density at radius 2 is 1.80 bits per heavy atom. The first kappa shape index (κ1) is 9.96. The monoisotopic (exact) mass is 204 g/mol. The Balaban J connectivity index is 2.75. The molecular weight excluding hydrogens is 192 g/mol. The van der Waals surface area contributed by atoms with Gasteiger partial charge in [0.05, 0.1) is 7.11 Å². The summed E-state index contributed by atoms with van der Waals surface area (Å²) in [7, 11) is 1.52. The molecule has 0 aliphatic rings. The van der Waals surface area contributed by atoms with Crippen molar-refractivity contribution in [2.24, 2.45) is 0 Å². The van der Waals surface area contributed by atoms with Gasteiger partial charge in [-0.2, -0.15) is 0 Å². The van der Waals surface area contributed by atoms with Crippen LogP contribution in [0.15, 0.2) is 36.4 Å². The first-order chi connectivity index (χ1) is 7.24. The largest absolute Gasteiger partial charge is 0.496 e. The summed E-state index contributed by atoms with van der Waals surface area (Å²) in [6.07, 6.45) is -1.51. The molecule has 0 heterocycles. The lowest BCUT2D eigenvalue weighted by atomic mass is 10.1. The molecule has 0 unspecified atom stereocenters. The highest BCUT2D eigenvalue weighted by Crippen LogP contribution is 2.32. The van der Waals surface area contributed by atoms with Crippen LogP contribution in [-0.2, 0) is 0 Å². The third kappa shape index (κ3) is 1.67. The van der Waals surface area contributed by atoms with Gasteiger partial charge in [-0.1, -0.05) is 30.3 Å². The predicted octanol–water partition coefficient (Wildman–Crippen LogP) is 1.83.